The largest absolute Gasteiger partial charge is 0.462 e. The molecule has 0 aromatic carbocycles. The number of hydrogen-bond acceptors (Lipinski definition) is 6. The molecule has 1 amide bonds. The van der Waals surface area contributed by atoms with E-state index in [0.717, 1.165) is 6.26 Å². The monoisotopic (exact) mass is 271 g/mol. The molecule has 0 aliphatic carbocycles. The maximum atomic E-state index is 11.2. The molecule has 106 valence electrons. The lowest BCUT2D eigenvalue weighted by Gasteiger charge is -2.06. The molecule has 0 spiro atoms. The highest BCUT2D eigenvalue weighted by molar-refractivity contribution is 5.86. The lowest BCUT2D eigenvalue weighted by molar-refractivity contribution is -0.150. The number of ether oxygens (including phenoxy) is 3. The Morgan fingerprint density at radius 3 is 2.42 bits per heavy atom. The van der Waals surface area contributed by atoms with E-state index < -0.39 is 18.0 Å². The Balaban J connectivity index is 3.55. The number of amides is 1. The third-order valence-corrected chi connectivity index (χ3v) is 1.72. The summed E-state index contributed by atoms with van der Waals surface area (Å²) in [6, 6.07) is 0. The SMILES string of the molecule is C=COC(=O)NCCC(=O)OCCOC(=O)C(=C)C. The average molecular weight is 271 g/mol. The first-order valence-corrected chi connectivity index (χ1v) is 5.51. The molecule has 0 atom stereocenters. The van der Waals surface area contributed by atoms with Gasteiger partial charge in [0.25, 0.3) is 0 Å². The van der Waals surface area contributed by atoms with Gasteiger partial charge in [0.05, 0.1) is 12.7 Å². The van der Waals surface area contributed by atoms with Crippen LogP contribution in [0.4, 0.5) is 4.79 Å². The lowest BCUT2D eigenvalue weighted by Crippen LogP contribution is -2.26. The molecule has 0 saturated heterocycles. The fourth-order valence-corrected chi connectivity index (χ4v) is 0.869. The van der Waals surface area contributed by atoms with Crippen molar-refractivity contribution in [3.8, 4) is 0 Å². The number of hydrogen-bond donors (Lipinski definition) is 1. The zero-order valence-electron chi connectivity index (χ0n) is 10.8. The van der Waals surface area contributed by atoms with Crippen LogP contribution in [0.5, 0.6) is 0 Å². The van der Waals surface area contributed by atoms with Gasteiger partial charge in [0.15, 0.2) is 0 Å². The van der Waals surface area contributed by atoms with Gasteiger partial charge in [-0.2, -0.15) is 0 Å². The Kier molecular flexibility index (Phi) is 8.51. The molecule has 0 aliphatic rings. The Hall–Kier alpha value is -2.31. The highest BCUT2D eigenvalue weighted by Gasteiger charge is 2.06. The summed E-state index contributed by atoms with van der Waals surface area (Å²) >= 11 is 0. The van der Waals surface area contributed by atoms with Crippen LogP contribution in [0.25, 0.3) is 0 Å². The Morgan fingerprint density at radius 1 is 1.21 bits per heavy atom. The maximum Gasteiger partial charge on any atom is 0.412 e. The van der Waals surface area contributed by atoms with Gasteiger partial charge in [-0.25, -0.2) is 9.59 Å². The smallest absolute Gasteiger partial charge is 0.412 e. The third kappa shape index (κ3) is 9.40. The minimum atomic E-state index is -0.696. The first kappa shape index (κ1) is 16.7. The third-order valence-electron chi connectivity index (χ3n) is 1.72. The van der Waals surface area contributed by atoms with Gasteiger partial charge in [0.2, 0.25) is 0 Å². The molecule has 0 unspecified atom stereocenters. The van der Waals surface area contributed by atoms with Crippen LogP contribution in [0.1, 0.15) is 13.3 Å². The molecule has 0 aliphatic heterocycles. The highest BCUT2D eigenvalue weighted by Crippen LogP contribution is 1.92. The molecule has 7 heteroatoms. The van der Waals surface area contributed by atoms with E-state index in [-0.39, 0.29) is 31.8 Å². The molecule has 19 heavy (non-hydrogen) atoms. The van der Waals surface area contributed by atoms with Gasteiger partial charge in [0, 0.05) is 12.1 Å². The Bertz CT molecular complexity index is 363. The van der Waals surface area contributed by atoms with Crippen LogP contribution in [0.2, 0.25) is 0 Å². The van der Waals surface area contributed by atoms with Crippen molar-refractivity contribution in [3.05, 3.63) is 25.0 Å². The van der Waals surface area contributed by atoms with Crippen molar-refractivity contribution in [1.82, 2.24) is 5.32 Å². The van der Waals surface area contributed by atoms with Crippen LogP contribution >= 0.6 is 0 Å². The first-order valence-electron chi connectivity index (χ1n) is 5.51. The second-order valence-corrected chi connectivity index (χ2v) is 3.39. The first-order chi connectivity index (χ1) is 8.97. The van der Waals surface area contributed by atoms with Gasteiger partial charge in [-0.3, -0.25) is 4.79 Å². The van der Waals surface area contributed by atoms with E-state index in [4.69, 9.17) is 9.47 Å². The molecule has 0 radical (unpaired) electrons. The van der Waals surface area contributed by atoms with Crippen molar-refractivity contribution in [3.63, 3.8) is 0 Å². The standard InChI is InChI=1S/C12H17NO6/c1-4-17-12(16)13-6-5-10(14)18-7-8-19-11(15)9(2)3/h4H,1-2,5-8H2,3H3,(H,13,16). The maximum absolute atomic E-state index is 11.2. The van der Waals surface area contributed by atoms with E-state index in [9.17, 15) is 14.4 Å². The van der Waals surface area contributed by atoms with E-state index in [2.05, 4.69) is 23.2 Å². The van der Waals surface area contributed by atoms with Crippen molar-refractivity contribution in [2.45, 2.75) is 13.3 Å². The summed E-state index contributed by atoms with van der Waals surface area (Å²) in [6.07, 6.45) is 0.266. The molecule has 0 saturated carbocycles. The number of esters is 2. The topological polar surface area (TPSA) is 90.9 Å². The summed E-state index contributed by atoms with van der Waals surface area (Å²) in [6.45, 7) is 8.11. The average Bonchev–Trinajstić information content (AvgIpc) is 2.34. The molecule has 0 heterocycles. The predicted molar refractivity (Wildman–Crippen MR) is 66.0 cm³/mol. The van der Waals surface area contributed by atoms with Crippen LogP contribution in [-0.2, 0) is 23.8 Å². The minimum Gasteiger partial charge on any atom is -0.462 e. The number of nitrogens with one attached hydrogen (secondary N) is 1. The Morgan fingerprint density at radius 2 is 1.84 bits per heavy atom. The molecular formula is C12H17NO6. The predicted octanol–water partition coefficient (Wildman–Crippen LogP) is 0.909. The summed E-state index contributed by atoms with van der Waals surface area (Å²) in [5.41, 5.74) is 0.274. The molecular weight excluding hydrogens is 254 g/mol. The molecule has 7 nitrogen and oxygen atoms in total. The van der Waals surface area contributed by atoms with Gasteiger partial charge in [0.1, 0.15) is 13.2 Å². The summed E-state index contributed by atoms with van der Waals surface area (Å²) in [5.74, 6) is -1.06. The van der Waals surface area contributed by atoms with Crippen LogP contribution < -0.4 is 5.32 Å². The van der Waals surface area contributed by atoms with E-state index in [0.29, 0.717) is 0 Å². The number of carbonyl (C=O) groups is 3. The lowest BCUT2D eigenvalue weighted by atomic mass is 10.4. The second kappa shape index (κ2) is 9.69. The van der Waals surface area contributed by atoms with E-state index in [1.54, 1.807) is 0 Å². The van der Waals surface area contributed by atoms with Gasteiger partial charge in [-0.05, 0) is 6.92 Å². The fraction of sp³-hybridized carbons (Fsp3) is 0.417. The van der Waals surface area contributed by atoms with Crippen molar-refractivity contribution >= 4 is 18.0 Å². The van der Waals surface area contributed by atoms with Crippen LogP contribution in [0.3, 0.4) is 0 Å². The number of alkyl carbamates (subject to hydrolysis) is 1. The summed E-state index contributed by atoms with van der Waals surface area (Å²) in [5, 5.41) is 2.31. The zero-order chi connectivity index (χ0) is 14.7. The minimum absolute atomic E-state index is 0.0132. The molecule has 0 fully saturated rings. The molecule has 1 N–H and O–H groups in total. The van der Waals surface area contributed by atoms with Crippen molar-refractivity contribution in [2.75, 3.05) is 19.8 Å². The summed E-state index contributed by atoms with van der Waals surface area (Å²) in [4.78, 5) is 32.9. The molecule has 0 rings (SSSR count). The van der Waals surface area contributed by atoms with Crippen LogP contribution in [0, 0.1) is 0 Å². The van der Waals surface area contributed by atoms with Crippen molar-refractivity contribution < 1.29 is 28.6 Å². The van der Waals surface area contributed by atoms with Gasteiger partial charge in [-0.1, -0.05) is 13.2 Å². The molecule has 0 bridgehead atoms. The number of carbonyl (C=O) groups excluding carboxylic acids is 3. The van der Waals surface area contributed by atoms with Gasteiger partial charge < -0.3 is 19.5 Å². The van der Waals surface area contributed by atoms with Crippen LogP contribution in [-0.4, -0.2) is 37.8 Å². The highest BCUT2D eigenvalue weighted by atomic mass is 16.6. The van der Waals surface area contributed by atoms with Gasteiger partial charge in [-0.15, -0.1) is 0 Å². The van der Waals surface area contributed by atoms with Crippen LogP contribution in [0.15, 0.2) is 25.0 Å². The fourth-order valence-electron chi connectivity index (χ4n) is 0.869. The second-order valence-electron chi connectivity index (χ2n) is 3.39. The van der Waals surface area contributed by atoms with E-state index in [1.807, 2.05) is 0 Å². The Labute approximate surface area is 111 Å². The zero-order valence-corrected chi connectivity index (χ0v) is 10.8. The summed E-state index contributed by atoms with van der Waals surface area (Å²) in [7, 11) is 0. The summed E-state index contributed by atoms with van der Waals surface area (Å²) < 4.78 is 13.8. The normalized spacial score (nSPS) is 9.11. The van der Waals surface area contributed by atoms with Crippen molar-refractivity contribution in [2.24, 2.45) is 0 Å². The van der Waals surface area contributed by atoms with Gasteiger partial charge >= 0.3 is 18.0 Å². The van der Waals surface area contributed by atoms with E-state index >= 15 is 0 Å². The quantitative estimate of drug-likeness (QED) is 0.232. The molecule has 0 aromatic heterocycles. The van der Waals surface area contributed by atoms with Crippen molar-refractivity contribution in [1.29, 1.82) is 0 Å². The molecule has 0 aromatic rings. The van der Waals surface area contributed by atoms with E-state index in [1.165, 1.54) is 6.92 Å². The number of rotatable bonds is 8.